The van der Waals surface area contributed by atoms with Crippen molar-refractivity contribution in [1.29, 1.82) is 0 Å². The monoisotopic (exact) mass is 412 g/mol. The number of ether oxygens (including phenoxy) is 1. The van der Waals surface area contributed by atoms with Gasteiger partial charge in [0, 0.05) is 11.5 Å². The molecule has 1 saturated heterocycles. The molecule has 0 aromatic heterocycles. The fourth-order valence-electron chi connectivity index (χ4n) is 5.59. The largest absolute Gasteiger partial charge is 0.489 e. The van der Waals surface area contributed by atoms with Gasteiger partial charge in [0.1, 0.15) is 11.9 Å². The minimum absolute atomic E-state index is 0.116. The first-order chi connectivity index (χ1) is 14.4. The van der Waals surface area contributed by atoms with Crippen LogP contribution in [0.25, 0.3) is 0 Å². The van der Waals surface area contributed by atoms with Crippen LogP contribution in [-0.2, 0) is 9.31 Å². The summed E-state index contributed by atoms with van der Waals surface area (Å²) in [4.78, 5) is 0. The lowest BCUT2D eigenvalue weighted by Crippen LogP contribution is -2.41. The van der Waals surface area contributed by atoms with Crippen LogP contribution >= 0.6 is 0 Å². The average molecular weight is 412 g/mol. The SMILES string of the molecule is CC1(C)OB(CC[C@@H]2c3ccccc3O[C@H]2CCCCC2CCCCC2)OC1(C)C. The predicted octanol–water partition coefficient (Wildman–Crippen LogP) is 7.15. The molecule has 2 heterocycles. The van der Waals surface area contributed by atoms with Gasteiger partial charge in [-0.1, -0.05) is 63.1 Å². The van der Waals surface area contributed by atoms with E-state index in [1.165, 1.54) is 56.9 Å². The lowest BCUT2D eigenvalue weighted by molar-refractivity contribution is 0.00578. The van der Waals surface area contributed by atoms with Gasteiger partial charge in [-0.15, -0.1) is 0 Å². The maximum Gasteiger partial charge on any atom is 0.457 e. The van der Waals surface area contributed by atoms with Gasteiger partial charge in [-0.2, -0.15) is 0 Å². The van der Waals surface area contributed by atoms with E-state index in [0.29, 0.717) is 12.0 Å². The van der Waals surface area contributed by atoms with E-state index in [9.17, 15) is 0 Å². The van der Waals surface area contributed by atoms with E-state index in [1.54, 1.807) is 0 Å². The van der Waals surface area contributed by atoms with Gasteiger partial charge in [0.15, 0.2) is 0 Å². The topological polar surface area (TPSA) is 27.7 Å². The molecule has 2 atom stereocenters. The van der Waals surface area contributed by atoms with Gasteiger partial charge in [0.25, 0.3) is 0 Å². The molecular formula is C26H41BO3. The normalized spacial score (nSPS) is 27.8. The molecule has 30 heavy (non-hydrogen) atoms. The third-order valence-corrected chi connectivity index (χ3v) is 8.14. The van der Waals surface area contributed by atoms with Crippen molar-refractivity contribution in [2.75, 3.05) is 0 Å². The Morgan fingerprint density at radius 2 is 1.53 bits per heavy atom. The third-order valence-electron chi connectivity index (χ3n) is 8.14. The molecule has 4 heteroatoms. The minimum Gasteiger partial charge on any atom is -0.489 e. The molecule has 166 valence electrons. The van der Waals surface area contributed by atoms with E-state index in [4.69, 9.17) is 14.0 Å². The molecule has 1 aromatic carbocycles. The summed E-state index contributed by atoms with van der Waals surface area (Å²) < 4.78 is 18.9. The van der Waals surface area contributed by atoms with Crippen molar-refractivity contribution in [3.05, 3.63) is 29.8 Å². The minimum atomic E-state index is -0.250. The molecule has 0 N–H and O–H groups in total. The van der Waals surface area contributed by atoms with Crippen molar-refractivity contribution in [2.45, 2.75) is 121 Å². The number of rotatable bonds is 8. The van der Waals surface area contributed by atoms with Crippen LogP contribution in [0, 0.1) is 5.92 Å². The summed E-state index contributed by atoms with van der Waals surface area (Å²) in [5, 5.41) is 0. The fourth-order valence-corrected chi connectivity index (χ4v) is 5.59. The fraction of sp³-hybridized carbons (Fsp3) is 0.769. The highest BCUT2D eigenvalue weighted by molar-refractivity contribution is 6.45. The summed E-state index contributed by atoms with van der Waals surface area (Å²) in [6.07, 6.45) is 14.8. The van der Waals surface area contributed by atoms with Gasteiger partial charge in [0.05, 0.1) is 11.2 Å². The Bertz CT molecular complexity index is 679. The molecular weight excluding hydrogens is 371 g/mol. The van der Waals surface area contributed by atoms with Crippen LogP contribution < -0.4 is 4.74 Å². The van der Waals surface area contributed by atoms with E-state index < -0.39 is 0 Å². The number of benzene rings is 1. The van der Waals surface area contributed by atoms with Crippen LogP contribution in [0.15, 0.2) is 24.3 Å². The number of unbranched alkanes of at least 4 members (excludes halogenated alkanes) is 1. The highest BCUT2D eigenvalue weighted by Gasteiger charge is 2.51. The summed E-state index contributed by atoms with van der Waals surface area (Å²) in [5.41, 5.74) is 0.881. The summed E-state index contributed by atoms with van der Waals surface area (Å²) >= 11 is 0. The molecule has 0 radical (unpaired) electrons. The van der Waals surface area contributed by atoms with Crippen LogP contribution in [0.5, 0.6) is 5.75 Å². The van der Waals surface area contributed by atoms with Crippen LogP contribution in [0.3, 0.4) is 0 Å². The third kappa shape index (κ3) is 4.91. The second-order valence-corrected chi connectivity index (χ2v) is 10.9. The Balaban J connectivity index is 1.30. The van der Waals surface area contributed by atoms with E-state index in [0.717, 1.165) is 30.8 Å². The molecule has 4 rings (SSSR count). The highest BCUT2D eigenvalue weighted by atomic mass is 16.7. The Hall–Kier alpha value is -0.995. The number of fused-ring (bicyclic) bond motifs is 1. The van der Waals surface area contributed by atoms with E-state index >= 15 is 0 Å². The standard InChI is InChI=1S/C26H41BO3/c1-25(2)26(3,4)30-27(29-25)19-18-22-21-15-9-11-17-23(21)28-24(22)16-10-8-14-20-12-6-5-7-13-20/h9,11,15,17,20,22,24H,5-8,10,12-14,16,18-19H2,1-4H3/t22-,24+/m1/s1. The Morgan fingerprint density at radius 1 is 0.867 bits per heavy atom. The van der Waals surface area contributed by atoms with Gasteiger partial charge in [-0.05, 0) is 65.3 Å². The first kappa shape index (κ1) is 22.2. The molecule has 0 bridgehead atoms. The van der Waals surface area contributed by atoms with Crippen LogP contribution in [0.4, 0.5) is 0 Å². The van der Waals surface area contributed by atoms with Gasteiger partial charge in [-0.25, -0.2) is 0 Å². The quantitative estimate of drug-likeness (QED) is 0.335. The van der Waals surface area contributed by atoms with Crippen molar-refractivity contribution in [3.8, 4) is 5.75 Å². The number of hydrogen-bond acceptors (Lipinski definition) is 3. The molecule has 3 nitrogen and oxygen atoms in total. The molecule has 2 fully saturated rings. The summed E-state index contributed by atoms with van der Waals surface area (Å²) in [6, 6.07) is 8.64. The van der Waals surface area contributed by atoms with Crippen LogP contribution in [0.2, 0.25) is 6.32 Å². The average Bonchev–Trinajstić information content (AvgIpc) is 3.17. The van der Waals surface area contributed by atoms with Crippen molar-refractivity contribution in [3.63, 3.8) is 0 Å². The lowest BCUT2D eigenvalue weighted by Gasteiger charge is -2.32. The highest BCUT2D eigenvalue weighted by Crippen LogP contribution is 2.45. The molecule has 2 aliphatic heterocycles. The zero-order valence-corrected chi connectivity index (χ0v) is 19.6. The van der Waals surface area contributed by atoms with Gasteiger partial charge in [0.2, 0.25) is 0 Å². The zero-order valence-electron chi connectivity index (χ0n) is 19.6. The first-order valence-corrected chi connectivity index (χ1v) is 12.5. The number of hydrogen-bond donors (Lipinski definition) is 0. The van der Waals surface area contributed by atoms with E-state index in [-0.39, 0.29) is 18.3 Å². The zero-order chi connectivity index (χ0) is 21.2. The van der Waals surface area contributed by atoms with Gasteiger partial charge in [-0.3, -0.25) is 0 Å². The molecule has 3 aliphatic rings. The van der Waals surface area contributed by atoms with E-state index in [2.05, 4.69) is 52.0 Å². The van der Waals surface area contributed by atoms with Crippen LogP contribution in [-0.4, -0.2) is 24.4 Å². The molecule has 0 unspecified atom stereocenters. The van der Waals surface area contributed by atoms with Crippen molar-refractivity contribution in [1.82, 2.24) is 0 Å². The van der Waals surface area contributed by atoms with E-state index in [1.807, 2.05) is 0 Å². The second-order valence-electron chi connectivity index (χ2n) is 10.9. The molecule has 1 saturated carbocycles. The van der Waals surface area contributed by atoms with Crippen molar-refractivity contribution in [2.24, 2.45) is 5.92 Å². The molecule has 0 amide bonds. The Morgan fingerprint density at radius 3 is 2.27 bits per heavy atom. The summed E-state index contributed by atoms with van der Waals surface area (Å²) in [7, 11) is -0.116. The molecule has 1 aliphatic carbocycles. The van der Waals surface area contributed by atoms with Crippen molar-refractivity contribution < 1.29 is 14.0 Å². The van der Waals surface area contributed by atoms with Gasteiger partial charge >= 0.3 is 7.12 Å². The molecule has 0 spiro atoms. The summed E-state index contributed by atoms with van der Waals surface area (Å²) in [5.74, 6) is 2.53. The first-order valence-electron chi connectivity index (χ1n) is 12.5. The van der Waals surface area contributed by atoms with Gasteiger partial charge < -0.3 is 14.0 Å². The maximum absolute atomic E-state index is 6.43. The Kier molecular flexibility index (Phi) is 6.84. The Labute approximate surface area is 184 Å². The maximum atomic E-state index is 6.43. The van der Waals surface area contributed by atoms with Crippen molar-refractivity contribution >= 4 is 7.12 Å². The number of para-hydroxylation sites is 1. The summed E-state index contributed by atoms with van der Waals surface area (Å²) in [6.45, 7) is 8.54. The predicted molar refractivity (Wildman–Crippen MR) is 124 cm³/mol. The molecule has 1 aromatic rings. The smallest absolute Gasteiger partial charge is 0.457 e. The second kappa shape index (κ2) is 9.24. The van der Waals surface area contributed by atoms with Crippen LogP contribution in [0.1, 0.15) is 103 Å². The lowest BCUT2D eigenvalue weighted by atomic mass is 9.76.